The van der Waals surface area contributed by atoms with Gasteiger partial charge in [-0.1, -0.05) is 19.8 Å². The molecule has 1 aliphatic rings. The molecule has 1 saturated carbocycles. The largest absolute Gasteiger partial charge is 0.480 e. The second kappa shape index (κ2) is 6.07. The number of carboxylic acid groups (broad SMARTS) is 1. The van der Waals surface area contributed by atoms with Crippen LogP contribution < -0.4 is 5.32 Å². The minimum absolute atomic E-state index is 0.166. The van der Waals surface area contributed by atoms with Crippen molar-refractivity contribution in [3.05, 3.63) is 18.0 Å². The lowest BCUT2D eigenvalue weighted by Crippen LogP contribution is -2.42. The number of hydrogen-bond acceptors (Lipinski definition) is 3. The van der Waals surface area contributed by atoms with Crippen LogP contribution in [0, 0.1) is 5.92 Å². The van der Waals surface area contributed by atoms with E-state index < -0.39 is 12.0 Å². The molecule has 110 valence electrons. The molecule has 1 aromatic heterocycles. The van der Waals surface area contributed by atoms with Gasteiger partial charge >= 0.3 is 5.97 Å². The van der Waals surface area contributed by atoms with E-state index in [1.165, 1.54) is 24.2 Å². The van der Waals surface area contributed by atoms with Crippen LogP contribution >= 0.6 is 0 Å². The molecule has 2 N–H and O–H groups in total. The van der Waals surface area contributed by atoms with Gasteiger partial charge in [-0.25, -0.2) is 9.48 Å². The van der Waals surface area contributed by atoms with Gasteiger partial charge in [0.15, 0.2) is 0 Å². The highest BCUT2D eigenvalue weighted by Crippen LogP contribution is 2.24. The maximum Gasteiger partial charge on any atom is 0.328 e. The van der Waals surface area contributed by atoms with Gasteiger partial charge in [-0.15, -0.1) is 0 Å². The molecule has 20 heavy (non-hydrogen) atoms. The molecule has 0 bridgehead atoms. The number of amides is 1. The Morgan fingerprint density at radius 3 is 2.80 bits per heavy atom. The minimum Gasteiger partial charge on any atom is -0.480 e. The van der Waals surface area contributed by atoms with E-state index in [-0.39, 0.29) is 11.9 Å². The fourth-order valence-electron chi connectivity index (χ4n) is 2.68. The Bertz CT molecular complexity index is 498. The van der Waals surface area contributed by atoms with Crippen LogP contribution in [0.5, 0.6) is 0 Å². The molecular weight excluding hydrogens is 258 g/mol. The van der Waals surface area contributed by atoms with Gasteiger partial charge in [-0.3, -0.25) is 4.79 Å². The quantitative estimate of drug-likeness (QED) is 0.880. The Labute approximate surface area is 118 Å². The van der Waals surface area contributed by atoms with Crippen molar-refractivity contribution in [1.82, 2.24) is 15.1 Å². The molecule has 0 spiro atoms. The lowest BCUT2D eigenvalue weighted by atomic mass is 9.86. The van der Waals surface area contributed by atoms with Crippen LogP contribution in [0.3, 0.4) is 0 Å². The predicted molar refractivity (Wildman–Crippen MR) is 73.5 cm³/mol. The standard InChI is InChI=1S/C14H21N3O3/c1-9-5-3-4-6-11(9)16-13(18)12-7-8-15-17(12)10(2)14(19)20/h7-11H,3-6H2,1-2H3,(H,16,18)(H,19,20). The summed E-state index contributed by atoms with van der Waals surface area (Å²) in [4.78, 5) is 23.3. The molecule has 0 aliphatic heterocycles. The number of nitrogens with zero attached hydrogens (tertiary/aromatic N) is 2. The van der Waals surface area contributed by atoms with Crippen molar-refractivity contribution in [1.29, 1.82) is 0 Å². The SMILES string of the molecule is CC1CCCCC1NC(=O)c1ccnn1C(C)C(=O)O. The van der Waals surface area contributed by atoms with E-state index in [9.17, 15) is 9.59 Å². The molecule has 2 rings (SSSR count). The number of aromatic nitrogens is 2. The summed E-state index contributed by atoms with van der Waals surface area (Å²) in [6.45, 7) is 3.65. The third-order valence-electron chi connectivity index (χ3n) is 4.06. The Kier molecular flexibility index (Phi) is 4.42. The summed E-state index contributed by atoms with van der Waals surface area (Å²) in [5.41, 5.74) is 0.303. The molecule has 1 aromatic rings. The van der Waals surface area contributed by atoms with Crippen LogP contribution in [0.25, 0.3) is 0 Å². The summed E-state index contributed by atoms with van der Waals surface area (Å²) < 4.78 is 1.26. The summed E-state index contributed by atoms with van der Waals surface area (Å²) >= 11 is 0. The highest BCUT2D eigenvalue weighted by Gasteiger charge is 2.26. The molecule has 6 heteroatoms. The summed E-state index contributed by atoms with van der Waals surface area (Å²) in [7, 11) is 0. The van der Waals surface area contributed by atoms with E-state index in [2.05, 4.69) is 17.3 Å². The average molecular weight is 279 g/mol. The predicted octanol–water partition coefficient (Wildman–Crippen LogP) is 1.84. The molecule has 3 unspecified atom stereocenters. The summed E-state index contributed by atoms with van der Waals surface area (Å²) in [5, 5.41) is 16.0. The maximum absolute atomic E-state index is 12.3. The molecule has 1 amide bonds. The fraction of sp³-hybridized carbons (Fsp3) is 0.643. The zero-order chi connectivity index (χ0) is 14.7. The summed E-state index contributed by atoms with van der Waals surface area (Å²) in [6.07, 6.45) is 5.89. The van der Waals surface area contributed by atoms with Crippen LogP contribution in [-0.4, -0.2) is 32.8 Å². The fourth-order valence-corrected chi connectivity index (χ4v) is 2.68. The summed E-state index contributed by atoms with van der Waals surface area (Å²) in [6, 6.07) is 0.872. The highest BCUT2D eigenvalue weighted by molar-refractivity contribution is 5.93. The van der Waals surface area contributed by atoms with E-state index in [1.807, 2.05) is 0 Å². The molecule has 1 fully saturated rings. The van der Waals surface area contributed by atoms with E-state index >= 15 is 0 Å². The maximum atomic E-state index is 12.3. The molecule has 1 aliphatic carbocycles. The minimum atomic E-state index is -1.01. The van der Waals surface area contributed by atoms with Gasteiger partial charge in [0.05, 0.1) is 0 Å². The van der Waals surface area contributed by atoms with Crippen LogP contribution in [0.4, 0.5) is 0 Å². The average Bonchev–Trinajstić information content (AvgIpc) is 2.89. The van der Waals surface area contributed by atoms with Crippen LogP contribution in [0.1, 0.15) is 56.1 Å². The zero-order valence-corrected chi connectivity index (χ0v) is 11.9. The number of carbonyl (C=O) groups is 2. The number of nitrogens with one attached hydrogen (secondary N) is 1. The monoisotopic (exact) mass is 279 g/mol. The second-order valence-electron chi connectivity index (χ2n) is 5.52. The van der Waals surface area contributed by atoms with Crippen molar-refractivity contribution < 1.29 is 14.7 Å². The van der Waals surface area contributed by atoms with Crippen molar-refractivity contribution in [3.63, 3.8) is 0 Å². The van der Waals surface area contributed by atoms with E-state index in [1.54, 1.807) is 6.07 Å². The Morgan fingerprint density at radius 1 is 1.45 bits per heavy atom. The van der Waals surface area contributed by atoms with E-state index in [4.69, 9.17) is 5.11 Å². The first-order chi connectivity index (χ1) is 9.50. The number of carbonyl (C=O) groups excluding carboxylic acids is 1. The van der Waals surface area contributed by atoms with Crippen LogP contribution in [0.15, 0.2) is 12.3 Å². The van der Waals surface area contributed by atoms with Gasteiger partial charge in [0.1, 0.15) is 11.7 Å². The highest BCUT2D eigenvalue weighted by atomic mass is 16.4. The molecule has 0 radical (unpaired) electrons. The lowest BCUT2D eigenvalue weighted by Gasteiger charge is -2.29. The van der Waals surface area contributed by atoms with E-state index in [0.29, 0.717) is 11.6 Å². The van der Waals surface area contributed by atoms with Crippen molar-refractivity contribution in [3.8, 4) is 0 Å². The lowest BCUT2D eigenvalue weighted by molar-refractivity contribution is -0.140. The van der Waals surface area contributed by atoms with Crippen molar-refractivity contribution in [2.75, 3.05) is 0 Å². The molecule has 0 saturated heterocycles. The molecular formula is C14H21N3O3. The topological polar surface area (TPSA) is 84.2 Å². The third kappa shape index (κ3) is 3.00. The number of hydrogen-bond donors (Lipinski definition) is 2. The molecule has 1 heterocycles. The number of rotatable bonds is 4. The van der Waals surface area contributed by atoms with Gasteiger partial charge in [0.25, 0.3) is 5.91 Å². The smallest absolute Gasteiger partial charge is 0.328 e. The first-order valence-electron chi connectivity index (χ1n) is 7.08. The Hall–Kier alpha value is -1.85. The van der Waals surface area contributed by atoms with Gasteiger partial charge in [0.2, 0.25) is 0 Å². The third-order valence-corrected chi connectivity index (χ3v) is 4.06. The second-order valence-corrected chi connectivity index (χ2v) is 5.52. The van der Waals surface area contributed by atoms with Crippen molar-refractivity contribution in [2.45, 2.75) is 51.6 Å². The van der Waals surface area contributed by atoms with Gasteiger partial charge in [-0.05, 0) is 31.7 Å². The molecule has 0 aromatic carbocycles. The Morgan fingerprint density at radius 2 is 2.15 bits per heavy atom. The van der Waals surface area contributed by atoms with Crippen molar-refractivity contribution in [2.24, 2.45) is 5.92 Å². The molecule has 3 atom stereocenters. The zero-order valence-electron chi connectivity index (χ0n) is 11.9. The summed E-state index contributed by atoms with van der Waals surface area (Å²) in [5.74, 6) is -0.788. The van der Waals surface area contributed by atoms with Gasteiger partial charge < -0.3 is 10.4 Å². The normalized spacial score (nSPS) is 24.1. The van der Waals surface area contributed by atoms with E-state index in [0.717, 1.165) is 19.3 Å². The first kappa shape index (κ1) is 14.6. The molecule has 6 nitrogen and oxygen atoms in total. The van der Waals surface area contributed by atoms with Gasteiger partial charge in [0, 0.05) is 12.2 Å². The number of aliphatic carboxylic acids is 1. The number of carboxylic acids is 1. The van der Waals surface area contributed by atoms with Gasteiger partial charge in [-0.2, -0.15) is 5.10 Å². The van der Waals surface area contributed by atoms with Crippen LogP contribution in [0.2, 0.25) is 0 Å². The van der Waals surface area contributed by atoms with Crippen LogP contribution in [-0.2, 0) is 4.79 Å². The van der Waals surface area contributed by atoms with Crippen molar-refractivity contribution >= 4 is 11.9 Å². The first-order valence-corrected chi connectivity index (χ1v) is 7.08. The Balaban J connectivity index is 2.09.